The van der Waals surface area contributed by atoms with Crippen LogP contribution in [0.5, 0.6) is 17.2 Å². The van der Waals surface area contributed by atoms with E-state index >= 15 is 0 Å². The van der Waals surface area contributed by atoms with E-state index in [0.717, 1.165) is 0 Å². The number of thioether (sulfide) groups is 1. The molecular weight excluding hydrogens is 416 g/mol. The van der Waals surface area contributed by atoms with Gasteiger partial charge in [-0.15, -0.1) is 5.10 Å². The summed E-state index contributed by atoms with van der Waals surface area (Å²) in [5.74, 6) is 2.36. The fourth-order valence-electron chi connectivity index (χ4n) is 2.30. The predicted molar refractivity (Wildman–Crippen MR) is 111 cm³/mol. The number of hydrogen-bond donors (Lipinski definition) is 2. The van der Waals surface area contributed by atoms with Gasteiger partial charge in [0.05, 0.1) is 20.0 Å². The molecular formula is C19H19ClN4O4S. The van der Waals surface area contributed by atoms with E-state index in [2.05, 4.69) is 20.5 Å². The van der Waals surface area contributed by atoms with Gasteiger partial charge in [0.2, 0.25) is 11.1 Å². The number of ether oxygens (including phenoxy) is 3. The van der Waals surface area contributed by atoms with Crippen LogP contribution in [0, 0.1) is 0 Å². The number of halogens is 1. The molecule has 1 amide bonds. The standard InChI is InChI=1S/C19H19ClN4O4S/c1-26-15-7-13(8-16(9-15)27-2)21-18(25)11-29-19-22-17(23-24-19)10-28-14-5-3-12(20)4-6-14/h3-9H,10-11H2,1-2H3,(H,21,25)(H,22,23,24). The highest BCUT2D eigenvalue weighted by Gasteiger charge is 2.10. The first-order chi connectivity index (χ1) is 14.1. The van der Waals surface area contributed by atoms with Gasteiger partial charge in [-0.2, -0.15) is 0 Å². The molecule has 3 aromatic rings. The second kappa shape index (κ2) is 10.0. The second-order valence-electron chi connectivity index (χ2n) is 5.75. The molecule has 0 aliphatic rings. The number of methoxy groups -OCH3 is 2. The van der Waals surface area contributed by atoms with Gasteiger partial charge in [0.15, 0.2) is 5.82 Å². The third kappa shape index (κ3) is 6.30. The number of benzene rings is 2. The van der Waals surface area contributed by atoms with Crippen LogP contribution in [0.1, 0.15) is 5.82 Å². The van der Waals surface area contributed by atoms with Crippen molar-refractivity contribution in [2.45, 2.75) is 11.8 Å². The average molecular weight is 435 g/mol. The Labute approximate surface area is 176 Å². The van der Waals surface area contributed by atoms with E-state index in [1.54, 1.807) is 56.7 Å². The normalized spacial score (nSPS) is 10.4. The Hall–Kier alpha value is -2.91. The molecule has 0 atom stereocenters. The molecule has 2 N–H and O–H groups in total. The van der Waals surface area contributed by atoms with Crippen LogP contribution in [0.3, 0.4) is 0 Å². The van der Waals surface area contributed by atoms with Crippen molar-refractivity contribution in [3.05, 3.63) is 53.3 Å². The quantitative estimate of drug-likeness (QED) is 0.494. The monoisotopic (exact) mass is 434 g/mol. The first kappa shape index (κ1) is 20.8. The lowest BCUT2D eigenvalue weighted by Gasteiger charge is -2.09. The van der Waals surface area contributed by atoms with Crippen LogP contribution in [-0.2, 0) is 11.4 Å². The van der Waals surface area contributed by atoms with Crippen LogP contribution in [0.2, 0.25) is 5.02 Å². The summed E-state index contributed by atoms with van der Waals surface area (Å²) in [7, 11) is 3.10. The van der Waals surface area contributed by atoms with Crippen molar-refractivity contribution < 1.29 is 19.0 Å². The van der Waals surface area contributed by atoms with Gasteiger partial charge in [0, 0.05) is 28.9 Å². The zero-order valence-corrected chi connectivity index (χ0v) is 17.3. The molecule has 8 nitrogen and oxygen atoms in total. The fraction of sp³-hybridized carbons (Fsp3) is 0.211. The molecule has 3 rings (SSSR count). The largest absolute Gasteiger partial charge is 0.497 e. The van der Waals surface area contributed by atoms with E-state index in [0.29, 0.717) is 38.9 Å². The number of carbonyl (C=O) groups is 1. The van der Waals surface area contributed by atoms with Crippen LogP contribution >= 0.6 is 23.4 Å². The van der Waals surface area contributed by atoms with E-state index in [1.165, 1.54) is 11.8 Å². The highest BCUT2D eigenvalue weighted by Crippen LogP contribution is 2.26. The Morgan fingerprint density at radius 1 is 1.10 bits per heavy atom. The molecule has 10 heteroatoms. The van der Waals surface area contributed by atoms with E-state index in [1.807, 2.05) is 0 Å². The SMILES string of the molecule is COc1cc(NC(=O)CSc2n[nH]c(COc3ccc(Cl)cc3)n2)cc(OC)c1. The molecule has 0 saturated heterocycles. The Bertz CT molecular complexity index is 943. The molecule has 152 valence electrons. The number of carbonyl (C=O) groups excluding carboxylic acids is 1. The summed E-state index contributed by atoms with van der Waals surface area (Å²) in [5, 5.41) is 10.8. The van der Waals surface area contributed by atoms with Crippen molar-refractivity contribution in [2.75, 3.05) is 25.3 Å². The van der Waals surface area contributed by atoms with Crippen LogP contribution in [0.15, 0.2) is 47.6 Å². The van der Waals surface area contributed by atoms with Crippen LogP contribution in [-0.4, -0.2) is 41.1 Å². The number of aromatic amines is 1. The number of hydrogen-bond acceptors (Lipinski definition) is 7. The summed E-state index contributed by atoms with van der Waals surface area (Å²) < 4.78 is 16.0. The lowest BCUT2D eigenvalue weighted by molar-refractivity contribution is -0.113. The molecule has 0 unspecified atom stereocenters. The molecule has 0 fully saturated rings. The molecule has 0 saturated carbocycles. The van der Waals surface area contributed by atoms with Crippen molar-refractivity contribution in [1.82, 2.24) is 15.2 Å². The highest BCUT2D eigenvalue weighted by molar-refractivity contribution is 7.99. The Kier molecular flexibility index (Phi) is 7.20. The molecule has 29 heavy (non-hydrogen) atoms. The van der Waals surface area contributed by atoms with Crippen molar-refractivity contribution in [3.63, 3.8) is 0 Å². The number of anilines is 1. The van der Waals surface area contributed by atoms with Gasteiger partial charge in [-0.25, -0.2) is 4.98 Å². The fourth-order valence-corrected chi connectivity index (χ4v) is 3.04. The van der Waals surface area contributed by atoms with Crippen molar-refractivity contribution in [2.24, 2.45) is 0 Å². The van der Waals surface area contributed by atoms with Gasteiger partial charge in [0.25, 0.3) is 0 Å². The number of nitrogens with one attached hydrogen (secondary N) is 2. The van der Waals surface area contributed by atoms with E-state index < -0.39 is 0 Å². The molecule has 1 aromatic heterocycles. The van der Waals surface area contributed by atoms with E-state index in [4.69, 9.17) is 25.8 Å². The molecule has 0 spiro atoms. The Morgan fingerprint density at radius 2 is 1.79 bits per heavy atom. The smallest absolute Gasteiger partial charge is 0.234 e. The molecule has 0 radical (unpaired) electrons. The topological polar surface area (TPSA) is 98.4 Å². The molecule has 2 aromatic carbocycles. The van der Waals surface area contributed by atoms with Crippen LogP contribution in [0.25, 0.3) is 0 Å². The van der Waals surface area contributed by atoms with Gasteiger partial charge in [-0.1, -0.05) is 23.4 Å². The van der Waals surface area contributed by atoms with Gasteiger partial charge in [0.1, 0.15) is 23.9 Å². The summed E-state index contributed by atoms with van der Waals surface area (Å²) in [6.45, 7) is 0.227. The van der Waals surface area contributed by atoms with Gasteiger partial charge < -0.3 is 19.5 Å². The minimum absolute atomic E-state index is 0.148. The number of aromatic nitrogens is 3. The zero-order chi connectivity index (χ0) is 20.6. The number of amides is 1. The molecule has 0 aliphatic carbocycles. The number of H-pyrrole nitrogens is 1. The zero-order valence-electron chi connectivity index (χ0n) is 15.8. The predicted octanol–water partition coefficient (Wildman–Crippen LogP) is 3.79. The minimum atomic E-state index is -0.200. The molecule has 0 aliphatic heterocycles. The first-order valence-electron chi connectivity index (χ1n) is 8.51. The van der Waals surface area contributed by atoms with Crippen molar-refractivity contribution in [3.8, 4) is 17.2 Å². The van der Waals surface area contributed by atoms with Crippen LogP contribution in [0.4, 0.5) is 5.69 Å². The number of rotatable bonds is 9. The first-order valence-corrected chi connectivity index (χ1v) is 9.87. The van der Waals surface area contributed by atoms with Crippen molar-refractivity contribution >= 4 is 35.0 Å². The summed E-state index contributed by atoms with van der Waals surface area (Å²) in [6, 6.07) is 12.2. The summed E-state index contributed by atoms with van der Waals surface area (Å²) in [4.78, 5) is 16.5. The third-order valence-electron chi connectivity index (χ3n) is 3.67. The highest BCUT2D eigenvalue weighted by atomic mass is 35.5. The van der Waals surface area contributed by atoms with Gasteiger partial charge in [-0.3, -0.25) is 9.89 Å². The Morgan fingerprint density at radius 3 is 2.45 bits per heavy atom. The lowest BCUT2D eigenvalue weighted by Crippen LogP contribution is -2.14. The van der Waals surface area contributed by atoms with Crippen molar-refractivity contribution in [1.29, 1.82) is 0 Å². The summed E-state index contributed by atoms with van der Waals surface area (Å²) in [5.41, 5.74) is 0.582. The molecule has 1 heterocycles. The second-order valence-corrected chi connectivity index (χ2v) is 7.12. The summed E-state index contributed by atoms with van der Waals surface area (Å²) >= 11 is 7.05. The maximum atomic E-state index is 12.2. The van der Waals surface area contributed by atoms with E-state index in [-0.39, 0.29) is 18.3 Å². The minimum Gasteiger partial charge on any atom is -0.497 e. The average Bonchev–Trinajstić information content (AvgIpc) is 3.19. The maximum absolute atomic E-state index is 12.2. The van der Waals surface area contributed by atoms with Gasteiger partial charge in [-0.05, 0) is 24.3 Å². The maximum Gasteiger partial charge on any atom is 0.234 e. The Balaban J connectivity index is 1.49. The third-order valence-corrected chi connectivity index (χ3v) is 4.77. The van der Waals surface area contributed by atoms with E-state index in [9.17, 15) is 4.79 Å². The molecule has 0 bridgehead atoms. The number of nitrogens with zero attached hydrogens (tertiary/aromatic N) is 2. The summed E-state index contributed by atoms with van der Waals surface area (Å²) in [6.07, 6.45) is 0. The lowest BCUT2D eigenvalue weighted by atomic mass is 10.2. The van der Waals surface area contributed by atoms with Crippen LogP contribution < -0.4 is 19.5 Å². The van der Waals surface area contributed by atoms with Gasteiger partial charge >= 0.3 is 0 Å².